The molecule has 1 N–H and O–H groups in total. The summed E-state index contributed by atoms with van der Waals surface area (Å²) < 4.78 is 4.97. The maximum atomic E-state index is 12.1. The van der Waals surface area contributed by atoms with Crippen molar-refractivity contribution in [2.75, 3.05) is 27.2 Å². The Bertz CT molecular complexity index is 297. The molecular weight excluding hydrogens is 196 g/mol. The average molecular weight is 212 g/mol. The number of nitrogens with one attached hydrogen (secondary N) is 1. The van der Waals surface area contributed by atoms with Gasteiger partial charge in [0, 0.05) is 14.2 Å². The first kappa shape index (κ1) is 10.6. The highest BCUT2D eigenvalue weighted by Gasteiger charge is 2.57. The molecule has 1 spiro atoms. The highest BCUT2D eigenvalue weighted by Crippen LogP contribution is 2.34. The van der Waals surface area contributed by atoms with Crippen molar-refractivity contribution in [2.45, 2.75) is 24.5 Å². The molecular formula is C10H16N2O3. The Morgan fingerprint density at radius 2 is 2.00 bits per heavy atom. The van der Waals surface area contributed by atoms with Crippen LogP contribution < -0.4 is 5.32 Å². The van der Waals surface area contributed by atoms with E-state index in [9.17, 15) is 9.59 Å². The molecule has 1 unspecified atom stereocenters. The number of hydrogen-bond donors (Lipinski definition) is 1. The number of hydrogen-bond acceptors (Lipinski definition) is 4. The topological polar surface area (TPSA) is 58.6 Å². The summed E-state index contributed by atoms with van der Waals surface area (Å²) >= 11 is 0. The minimum Gasteiger partial charge on any atom is -0.364 e. The summed E-state index contributed by atoms with van der Waals surface area (Å²) in [6, 6.07) is 0. The minimum atomic E-state index is -0.881. The van der Waals surface area contributed by atoms with E-state index < -0.39 is 11.6 Å². The number of amides is 1. The Morgan fingerprint density at radius 3 is 2.47 bits per heavy atom. The standard InChI is InChI=1S/C10H16N2O3/c1-12-9(14)7(15-2)8(13)10(12)3-5-11-6-4-10/h7,11H,3-6H2,1-2H3. The lowest BCUT2D eigenvalue weighted by atomic mass is 9.84. The van der Waals surface area contributed by atoms with Crippen LogP contribution in [0.3, 0.4) is 0 Å². The van der Waals surface area contributed by atoms with E-state index in [-0.39, 0.29) is 11.7 Å². The van der Waals surface area contributed by atoms with Crippen LogP contribution in [0.5, 0.6) is 0 Å². The fourth-order valence-corrected chi connectivity index (χ4v) is 2.54. The third-order valence-corrected chi connectivity index (χ3v) is 3.56. The molecule has 1 atom stereocenters. The molecule has 0 aromatic heterocycles. The van der Waals surface area contributed by atoms with E-state index in [0.717, 1.165) is 13.1 Å². The summed E-state index contributed by atoms with van der Waals surface area (Å²) in [6.07, 6.45) is 0.495. The summed E-state index contributed by atoms with van der Waals surface area (Å²) in [5.41, 5.74) is -0.608. The summed E-state index contributed by atoms with van der Waals surface area (Å²) in [6.45, 7) is 1.56. The summed E-state index contributed by atoms with van der Waals surface area (Å²) in [4.78, 5) is 25.5. The third kappa shape index (κ3) is 1.30. The highest BCUT2D eigenvalue weighted by molar-refractivity contribution is 6.15. The zero-order valence-corrected chi connectivity index (χ0v) is 9.08. The van der Waals surface area contributed by atoms with E-state index in [2.05, 4.69) is 5.32 Å². The fraction of sp³-hybridized carbons (Fsp3) is 0.800. The quantitative estimate of drug-likeness (QED) is 0.576. The summed E-state index contributed by atoms with van der Waals surface area (Å²) in [5, 5.41) is 3.19. The normalized spacial score (nSPS) is 30.3. The van der Waals surface area contributed by atoms with Gasteiger partial charge in [-0.1, -0.05) is 0 Å². The average Bonchev–Trinajstić information content (AvgIpc) is 2.43. The van der Waals surface area contributed by atoms with Gasteiger partial charge in [0.15, 0.2) is 11.9 Å². The molecule has 0 aliphatic carbocycles. The smallest absolute Gasteiger partial charge is 0.260 e. The maximum absolute atomic E-state index is 12.1. The molecule has 15 heavy (non-hydrogen) atoms. The predicted molar refractivity (Wildman–Crippen MR) is 53.4 cm³/mol. The van der Waals surface area contributed by atoms with Crippen LogP contribution in [-0.2, 0) is 14.3 Å². The minimum absolute atomic E-state index is 0.0704. The van der Waals surface area contributed by atoms with Crippen LogP contribution in [0.2, 0.25) is 0 Å². The number of ether oxygens (including phenoxy) is 1. The van der Waals surface area contributed by atoms with Crippen LogP contribution in [-0.4, -0.2) is 55.5 Å². The first-order valence-corrected chi connectivity index (χ1v) is 5.19. The molecule has 0 aromatic rings. The molecule has 2 aliphatic rings. The Morgan fingerprint density at radius 1 is 1.40 bits per heavy atom. The Kier molecular flexibility index (Phi) is 2.52. The molecule has 2 rings (SSSR count). The number of carbonyl (C=O) groups excluding carboxylic acids is 2. The number of rotatable bonds is 1. The van der Waals surface area contributed by atoms with Crippen LogP contribution in [0.15, 0.2) is 0 Å². The Labute approximate surface area is 88.8 Å². The predicted octanol–water partition coefficient (Wildman–Crippen LogP) is -0.835. The number of piperidine rings is 1. The lowest BCUT2D eigenvalue weighted by Gasteiger charge is -2.37. The molecule has 0 bridgehead atoms. The van der Waals surface area contributed by atoms with E-state index in [1.165, 1.54) is 7.11 Å². The number of carbonyl (C=O) groups is 2. The first-order chi connectivity index (χ1) is 7.13. The summed E-state index contributed by atoms with van der Waals surface area (Å²) in [7, 11) is 3.11. The molecule has 2 heterocycles. The third-order valence-electron chi connectivity index (χ3n) is 3.56. The summed E-state index contributed by atoms with van der Waals surface area (Å²) in [5.74, 6) is -0.275. The van der Waals surface area contributed by atoms with Crippen LogP contribution in [0, 0.1) is 0 Å². The monoisotopic (exact) mass is 212 g/mol. The second-order valence-electron chi connectivity index (χ2n) is 4.16. The van der Waals surface area contributed by atoms with Crippen LogP contribution in [0.1, 0.15) is 12.8 Å². The largest absolute Gasteiger partial charge is 0.364 e. The van der Waals surface area contributed by atoms with E-state index in [1.54, 1.807) is 11.9 Å². The van der Waals surface area contributed by atoms with Gasteiger partial charge in [0.1, 0.15) is 5.54 Å². The first-order valence-electron chi connectivity index (χ1n) is 5.19. The molecule has 2 fully saturated rings. The lowest BCUT2D eigenvalue weighted by molar-refractivity contribution is -0.138. The van der Waals surface area contributed by atoms with E-state index >= 15 is 0 Å². The van der Waals surface area contributed by atoms with Gasteiger partial charge in [0.2, 0.25) is 0 Å². The second kappa shape index (κ2) is 3.57. The van der Waals surface area contributed by atoms with Crippen molar-refractivity contribution < 1.29 is 14.3 Å². The number of ketones is 1. The molecule has 0 aromatic carbocycles. The van der Waals surface area contributed by atoms with Crippen molar-refractivity contribution in [3.8, 4) is 0 Å². The Balaban J connectivity index is 2.32. The van der Waals surface area contributed by atoms with Crippen LogP contribution in [0.25, 0.3) is 0 Å². The molecule has 2 saturated heterocycles. The number of likely N-dealkylation sites (tertiary alicyclic amines) is 1. The number of methoxy groups -OCH3 is 1. The fourth-order valence-electron chi connectivity index (χ4n) is 2.54. The van der Waals surface area contributed by atoms with Crippen molar-refractivity contribution in [3.63, 3.8) is 0 Å². The van der Waals surface area contributed by atoms with E-state index in [0.29, 0.717) is 12.8 Å². The molecule has 0 saturated carbocycles. The van der Waals surface area contributed by atoms with Crippen LogP contribution >= 0.6 is 0 Å². The number of Topliss-reactive ketones (excluding diaryl/α,β-unsaturated/α-hetero) is 1. The van der Waals surface area contributed by atoms with E-state index in [4.69, 9.17) is 4.74 Å². The van der Waals surface area contributed by atoms with Gasteiger partial charge in [-0.2, -0.15) is 0 Å². The molecule has 0 radical (unpaired) electrons. The number of likely N-dealkylation sites (N-methyl/N-ethyl adjacent to an activating group) is 1. The van der Waals surface area contributed by atoms with Gasteiger partial charge in [-0.05, 0) is 25.9 Å². The van der Waals surface area contributed by atoms with Crippen molar-refractivity contribution in [1.29, 1.82) is 0 Å². The van der Waals surface area contributed by atoms with Gasteiger partial charge < -0.3 is 15.0 Å². The van der Waals surface area contributed by atoms with Gasteiger partial charge >= 0.3 is 0 Å². The molecule has 5 heteroatoms. The highest BCUT2D eigenvalue weighted by atomic mass is 16.5. The maximum Gasteiger partial charge on any atom is 0.260 e. The SMILES string of the molecule is COC1C(=O)N(C)C2(CCNCC2)C1=O. The van der Waals surface area contributed by atoms with Gasteiger partial charge in [-0.3, -0.25) is 9.59 Å². The van der Waals surface area contributed by atoms with Gasteiger partial charge in [0.25, 0.3) is 5.91 Å². The van der Waals surface area contributed by atoms with Gasteiger partial charge in [0.05, 0.1) is 0 Å². The molecule has 2 aliphatic heterocycles. The molecule has 1 amide bonds. The van der Waals surface area contributed by atoms with Crippen LogP contribution in [0.4, 0.5) is 0 Å². The lowest BCUT2D eigenvalue weighted by Crippen LogP contribution is -2.54. The number of nitrogens with zero attached hydrogens (tertiary/aromatic N) is 1. The second-order valence-corrected chi connectivity index (χ2v) is 4.16. The van der Waals surface area contributed by atoms with Gasteiger partial charge in [-0.15, -0.1) is 0 Å². The van der Waals surface area contributed by atoms with E-state index in [1.807, 2.05) is 0 Å². The van der Waals surface area contributed by atoms with Crippen molar-refractivity contribution in [1.82, 2.24) is 10.2 Å². The van der Waals surface area contributed by atoms with Crippen molar-refractivity contribution in [3.05, 3.63) is 0 Å². The zero-order valence-electron chi connectivity index (χ0n) is 9.08. The zero-order chi connectivity index (χ0) is 11.1. The van der Waals surface area contributed by atoms with Crippen molar-refractivity contribution >= 4 is 11.7 Å². The van der Waals surface area contributed by atoms with Crippen molar-refractivity contribution in [2.24, 2.45) is 0 Å². The molecule has 5 nitrogen and oxygen atoms in total. The molecule has 84 valence electrons. The van der Waals surface area contributed by atoms with Gasteiger partial charge in [-0.25, -0.2) is 0 Å². The Hall–Kier alpha value is -0.940.